The maximum absolute atomic E-state index is 13.6. The van der Waals surface area contributed by atoms with Crippen LogP contribution >= 0.6 is 11.3 Å². The van der Waals surface area contributed by atoms with E-state index in [1.807, 2.05) is 30.3 Å². The second-order valence-corrected chi connectivity index (χ2v) is 6.39. The molecule has 0 spiro atoms. The number of nitrogens with one attached hydrogen (secondary N) is 2. The van der Waals surface area contributed by atoms with E-state index in [0.29, 0.717) is 5.13 Å². The summed E-state index contributed by atoms with van der Waals surface area (Å²) in [5.41, 5.74) is 1.27. The van der Waals surface area contributed by atoms with E-state index in [-0.39, 0.29) is 11.6 Å². The predicted octanol–water partition coefficient (Wildman–Crippen LogP) is 4.86. The first-order chi connectivity index (χ1) is 12.2. The Hall–Kier alpha value is -2.80. The summed E-state index contributed by atoms with van der Waals surface area (Å²) in [7, 11) is 0. The third-order valence-electron chi connectivity index (χ3n) is 3.69. The van der Waals surface area contributed by atoms with Gasteiger partial charge in [-0.3, -0.25) is 5.32 Å². The Morgan fingerprint density at radius 1 is 1.08 bits per heavy atom. The summed E-state index contributed by atoms with van der Waals surface area (Å²) in [6.45, 7) is 2.08. The van der Waals surface area contributed by atoms with E-state index in [2.05, 4.69) is 27.8 Å². The molecule has 3 aromatic rings. The molecule has 0 unspecified atom stereocenters. The fourth-order valence-corrected chi connectivity index (χ4v) is 3.43. The molecule has 1 heterocycles. The quantitative estimate of drug-likeness (QED) is 0.686. The standard InChI is InChI=1S/C18H17FN4OS/c1-2-13(12-8-4-3-5-9-12)16-22-23-18(25-16)21-17(24)20-15-11-7-6-10-14(15)19/h3-11,13H,2H2,1H3,(H2,20,21,23,24)/t13-/m0/s1. The molecule has 3 rings (SSSR count). The zero-order valence-corrected chi connectivity index (χ0v) is 14.4. The molecule has 0 aliphatic rings. The number of hydrogen-bond acceptors (Lipinski definition) is 4. The third kappa shape index (κ3) is 4.19. The van der Waals surface area contributed by atoms with Crippen molar-refractivity contribution in [2.45, 2.75) is 19.3 Å². The van der Waals surface area contributed by atoms with Crippen LogP contribution in [0.1, 0.15) is 29.8 Å². The van der Waals surface area contributed by atoms with Gasteiger partial charge in [0.05, 0.1) is 5.69 Å². The lowest BCUT2D eigenvalue weighted by Crippen LogP contribution is -2.19. The van der Waals surface area contributed by atoms with Gasteiger partial charge in [0.25, 0.3) is 0 Å². The Bertz CT molecular complexity index is 853. The number of carbonyl (C=O) groups excluding carboxylic acids is 1. The highest BCUT2D eigenvalue weighted by Crippen LogP contribution is 2.31. The molecule has 7 heteroatoms. The average molecular weight is 356 g/mol. The molecule has 2 amide bonds. The van der Waals surface area contributed by atoms with Crippen molar-refractivity contribution < 1.29 is 9.18 Å². The van der Waals surface area contributed by atoms with Crippen molar-refractivity contribution in [1.82, 2.24) is 10.2 Å². The van der Waals surface area contributed by atoms with Crippen LogP contribution in [0.15, 0.2) is 54.6 Å². The molecule has 128 valence electrons. The van der Waals surface area contributed by atoms with Crippen LogP contribution in [-0.4, -0.2) is 16.2 Å². The van der Waals surface area contributed by atoms with Gasteiger partial charge in [-0.25, -0.2) is 9.18 Å². The smallest absolute Gasteiger partial charge is 0.305 e. The number of halogens is 1. The monoisotopic (exact) mass is 356 g/mol. The molecule has 0 radical (unpaired) electrons. The van der Waals surface area contributed by atoms with E-state index in [9.17, 15) is 9.18 Å². The first-order valence-electron chi connectivity index (χ1n) is 7.88. The van der Waals surface area contributed by atoms with E-state index in [4.69, 9.17) is 0 Å². The van der Waals surface area contributed by atoms with Crippen LogP contribution in [0.4, 0.5) is 20.0 Å². The first-order valence-corrected chi connectivity index (χ1v) is 8.70. The van der Waals surface area contributed by atoms with Crippen molar-refractivity contribution in [1.29, 1.82) is 0 Å². The fraction of sp³-hybridized carbons (Fsp3) is 0.167. The maximum atomic E-state index is 13.6. The lowest BCUT2D eigenvalue weighted by atomic mass is 9.97. The molecule has 5 nitrogen and oxygen atoms in total. The van der Waals surface area contributed by atoms with Crippen LogP contribution < -0.4 is 10.6 Å². The van der Waals surface area contributed by atoms with Gasteiger partial charge in [0.1, 0.15) is 10.8 Å². The van der Waals surface area contributed by atoms with Crippen LogP contribution in [0, 0.1) is 5.82 Å². The van der Waals surface area contributed by atoms with Gasteiger partial charge in [-0.15, -0.1) is 10.2 Å². The SMILES string of the molecule is CC[C@@H](c1ccccc1)c1nnc(NC(=O)Nc2ccccc2F)s1. The van der Waals surface area contributed by atoms with Crippen molar-refractivity contribution in [3.05, 3.63) is 71.0 Å². The van der Waals surface area contributed by atoms with Crippen molar-refractivity contribution >= 4 is 28.2 Å². The minimum absolute atomic E-state index is 0.112. The Kier molecular flexibility index (Phi) is 5.35. The number of urea groups is 1. The van der Waals surface area contributed by atoms with Gasteiger partial charge in [-0.1, -0.05) is 60.7 Å². The summed E-state index contributed by atoms with van der Waals surface area (Å²) in [5, 5.41) is 14.5. The molecule has 0 saturated carbocycles. The predicted molar refractivity (Wildman–Crippen MR) is 97.5 cm³/mol. The number of nitrogens with zero attached hydrogens (tertiary/aromatic N) is 2. The van der Waals surface area contributed by atoms with Crippen molar-refractivity contribution in [2.24, 2.45) is 0 Å². The number of amides is 2. The lowest BCUT2D eigenvalue weighted by Gasteiger charge is -2.11. The third-order valence-corrected chi connectivity index (χ3v) is 4.64. The zero-order valence-electron chi connectivity index (χ0n) is 13.6. The molecule has 0 fully saturated rings. The molecule has 0 bridgehead atoms. The van der Waals surface area contributed by atoms with E-state index in [0.717, 1.165) is 17.0 Å². The number of rotatable bonds is 5. The topological polar surface area (TPSA) is 66.9 Å². The van der Waals surface area contributed by atoms with E-state index in [1.54, 1.807) is 12.1 Å². The number of para-hydroxylation sites is 1. The summed E-state index contributed by atoms with van der Waals surface area (Å²) in [6, 6.07) is 15.5. The Labute approximate surface area is 148 Å². The summed E-state index contributed by atoms with van der Waals surface area (Å²) in [4.78, 5) is 12.0. The highest BCUT2D eigenvalue weighted by Gasteiger charge is 2.18. The van der Waals surface area contributed by atoms with Crippen molar-refractivity contribution in [3.8, 4) is 0 Å². The minimum atomic E-state index is -0.555. The molecule has 2 N–H and O–H groups in total. The fourth-order valence-electron chi connectivity index (χ4n) is 2.48. The number of aromatic nitrogens is 2. The van der Waals surface area contributed by atoms with Crippen molar-refractivity contribution in [3.63, 3.8) is 0 Å². The van der Waals surface area contributed by atoms with Crippen LogP contribution in [0.3, 0.4) is 0 Å². The largest absolute Gasteiger partial charge is 0.325 e. The number of hydrogen-bond donors (Lipinski definition) is 2. The zero-order chi connectivity index (χ0) is 17.6. The van der Waals surface area contributed by atoms with Gasteiger partial charge >= 0.3 is 6.03 Å². The normalized spacial score (nSPS) is 11.8. The highest BCUT2D eigenvalue weighted by atomic mass is 32.1. The Morgan fingerprint density at radius 3 is 2.52 bits per heavy atom. The Balaban J connectivity index is 1.69. The molecule has 0 aliphatic carbocycles. The minimum Gasteiger partial charge on any atom is -0.305 e. The number of carbonyl (C=O) groups is 1. The van der Waals surface area contributed by atoms with Gasteiger partial charge in [-0.2, -0.15) is 0 Å². The van der Waals surface area contributed by atoms with Gasteiger partial charge in [-0.05, 0) is 24.1 Å². The number of anilines is 2. The molecule has 1 aromatic heterocycles. The van der Waals surface area contributed by atoms with Crippen molar-refractivity contribution in [2.75, 3.05) is 10.6 Å². The van der Waals surface area contributed by atoms with Gasteiger partial charge in [0, 0.05) is 5.92 Å². The summed E-state index contributed by atoms with van der Waals surface area (Å²) >= 11 is 1.32. The van der Waals surface area contributed by atoms with E-state index < -0.39 is 11.8 Å². The molecule has 0 aliphatic heterocycles. The first kappa shape index (κ1) is 17.0. The average Bonchev–Trinajstić information content (AvgIpc) is 3.06. The van der Waals surface area contributed by atoms with E-state index >= 15 is 0 Å². The van der Waals surface area contributed by atoms with Gasteiger partial charge < -0.3 is 5.32 Å². The second-order valence-electron chi connectivity index (χ2n) is 5.38. The maximum Gasteiger partial charge on any atom is 0.325 e. The molecule has 25 heavy (non-hydrogen) atoms. The molecule has 2 aromatic carbocycles. The highest BCUT2D eigenvalue weighted by molar-refractivity contribution is 7.15. The second kappa shape index (κ2) is 7.85. The van der Waals surface area contributed by atoms with Gasteiger partial charge in [0.15, 0.2) is 0 Å². The summed E-state index contributed by atoms with van der Waals surface area (Å²) in [5.74, 6) is -0.366. The molecular weight excluding hydrogens is 339 g/mol. The van der Waals surface area contributed by atoms with Crippen LogP contribution in [0.2, 0.25) is 0 Å². The summed E-state index contributed by atoms with van der Waals surface area (Å²) in [6.07, 6.45) is 0.875. The van der Waals surface area contributed by atoms with Crippen LogP contribution in [0.5, 0.6) is 0 Å². The lowest BCUT2D eigenvalue weighted by molar-refractivity contribution is 0.262. The summed E-state index contributed by atoms with van der Waals surface area (Å²) < 4.78 is 13.6. The Morgan fingerprint density at radius 2 is 1.80 bits per heavy atom. The molecule has 1 atom stereocenters. The van der Waals surface area contributed by atoms with E-state index in [1.165, 1.54) is 23.5 Å². The molecule has 0 saturated heterocycles. The van der Waals surface area contributed by atoms with Crippen LogP contribution in [-0.2, 0) is 0 Å². The van der Waals surface area contributed by atoms with Gasteiger partial charge in [0.2, 0.25) is 5.13 Å². The molecular formula is C18H17FN4OS. The number of benzene rings is 2. The van der Waals surface area contributed by atoms with Crippen LogP contribution in [0.25, 0.3) is 0 Å².